The average Bonchev–Trinajstić information content (AvgIpc) is 3.01. The number of aryl methyl sites for hydroxylation is 1. The molecule has 0 aliphatic carbocycles. The van der Waals surface area contributed by atoms with Crippen molar-refractivity contribution in [2.45, 2.75) is 38.6 Å². The number of anilines is 1. The van der Waals surface area contributed by atoms with Crippen molar-refractivity contribution in [1.82, 2.24) is 5.32 Å². The highest BCUT2D eigenvalue weighted by atomic mass is 16.1. The molecule has 2 aliphatic rings. The Kier molecular flexibility index (Phi) is 4.15. The van der Waals surface area contributed by atoms with Gasteiger partial charge in [-0.25, -0.2) is 0 Å². The topological polar surface area (TPSA) is 58.4 Å². The molecule has 0 saturated carbocycles. The number of piperidine rings is 1. The predicted octanol–water partition coefficient (Wildman–Crippen LogP) is 2.06. The van der Waals surface area contributed by atoms with Gasteiger partial charge in [-0.05, 0) is 62.8 Å². The van der Waals surface area contributed by atoms with Crippen LogP contribution in [0.3, 0.4) is 0 Å². The average molecular weight is 287 g/mol. The van der Waals surface area contributed by atoms with E-state index < -0.39 is 0 Å². The monoisotopic (exact) mass is 287 g/mol. The summed E-state index contributed by atoms with van der Waals surface area (Å²) < 4.78 is 0. The Morgan fingerprint density at radius 1 is 1.33 bits per heavy atom. The number of carbonyl (C=O) groups excluding carboxylic acids is 1. The van der Waals surface area contributed by atoms with Crippen molar-refractivity contribution >= 4 is 11.6 Å². The second-order valence-corrected chi connectivity index (χ2v) is 6.44. The summed E-state index contributed by atoms with van der Waals surface area (Å²) in [5, 5.41) is 3.63. The van der Waals surface area contributed by atoms with Gasteiger partial charge in [-0.2, -0.15) is 0 Å². The van der Waals surface area contributed by atoms with Crippen molar-refractivity contribution in [3.05, 3.63) is 29.3 Å². The molecule has 3 N–H and O–H groups in total. The first-order valence-electron chi connectivity index (χ1n) is 8.04. The van der Waals surface area contributed by atoms with Gasteiger partial charge >= 0.3 is 0 Å². The molecule has 2 saturated heterocycles. The molecule has 2 fully saturated rings. The first-order chi connectivity index (χ1) is 10.1. The molecule has 3 rings (SSSR count). The van der Waals surface area contributed by atoms with Crippen LogP contribution in [0.1, 0.15) is 41.6 Å². The molecule has 0 spiro atoms. The van der Waals surface area contributed by atoms with Crippen LogP contribution in [-0.2, 0) is 0 Å². The second kappa shape index (κ2) is 6.06. The first kappa shape index (κ1) is 14.4. The van der Waals surface area contributed by atoms with E-state index in [1.165, 1.54) is 31.2 Å². The van der Waals surface area contributed by atoms with Crippen molar-refractivity contribution in [3.8, 4) is 0 Å². The van der Waals surface area contributed by atoms with E-state index in [1.807, 2.05) is 12.1 Å². The molecular formula is C17H25N3O. The lowest BCUT2D eigenvalue weighted by atomic mass is 9.89. The maximum atomic E-state index is 11.7. The smallest absolute Gasteiger partial charge is 0.250 e. The van der Waals surface area contributed by atoms with Crippen molar-refractivity contribution in [2.75, 3.05) is 24.5 Å². The number of benzene rings is 1. The van der Waals surface area contributed by atoms with Crippen LogP contribution in [0.15, 0.2) is 18.2 Å². The fraction of sp³-hybridized carbons (Fsp3) is 0.588. The van der Waals surface area contributed by atoms with Crippen LogP contribution in [0.5, 0.6) is 0 Å². The van der Waals surface area contributed by atoms with Gasteiger partial charge in [0.05, 0.1) is 5.56 Å². The van der Waals surface area contributed by atoms with Crippen molar-refractivity contribution < 1.29 is 4.79 Å². The van der Waals surface area contributed by atoms with Crippen LogP contribution >= 0.6 is 0 Å². The minimum atomic E-state index is -0.328. The molecule has 21 heavy (non-hydrogen) atoms. The Morgan fingerprint density at radius 2 is 2.19 bits per heavy atom. The quantitative estimate of drug-likeness (QED) is 0.894. The van der Waals surface area contributed by atoms with E-state index in [1.54, 1.807) is 0 Å². The van der Waals surface area contributed by atoms with Crippen LogP contribution in [0.2, 0.25) is 0 Å². The summed E-state index contributed by atoms with van der Waals surface area (Å²) in [6, 6.07) is 6.58. The molecule has 0 bridgehead atoms. The number of hydrogen-bond acceptors (Lipinski definition) is 3. The number of amides is 1. The molecule has 0 aromatic heterocycles. The highest BCUT2D eigenvalue weighted by molar-refractivity contribution is 5.98. The van der Waals surface area contributed by atoms with E-state index in [9.17, 15) is 4.79 Å². The molecule has 1 amide bonds. The van der Waals surface area contributed by atoms with E-state index in [2.05, 4.69) is 23.2 Å². The molecule has 2 atom stereocenters. The molecule has 1 aromatic carbocycles. The van der Waals surface area contributed by atoms with Gasteiger partial charge in [0.2, 0.25) is 0 Å². The van der Waals surface area contributed by atoms with E-state index in [0.29, 0.717) is 17.5 Å². The molecule has 1 aromatic rings. The molecule has 0 radical (unpaired) electrons. The first-order valence-corrected chi connectivity index (χ1v) is 8.04. The third-order valence-electron chi connectivity index (χ3n) is 4.88. The molecule has 2 unspecified atom stereocenters. The molecule has 2 heterocycles. The summed E-state index contributed by atoms with van der Waals surface area (Å²) in [4.78, 5) is 14.1. The van der Waals surface area contributed by atoms with Crippen LogP contribution < -0.4 is 16.0 Å². The Morgan fingerprint density at radius 3 is 2.90 bits per heavy atom. The SMILES string of the molecule is Cc1ccc(C(N)=O)c(N2CCCC(C3CCCN3)C2)c1. The largest absolute Gasteiger partial charge is 0.371 e. The molecule has 114 valence electrons. The van der Waals surface area contributed by atoms with Gasteiger partial charge in [-0.1, -0.05) is 6.07 Å². The minimum Gasteiger partial charge on any atom is -0.371 e. The van der Waals surface area contributed by atoms with Gasteiger partial charge in [0.1, 0.15) is 0 Å². The van der Waals surface area contributed by atoms with Gasteiger partial charge in [-0.15, -0.1) is 0 Å². The fourth-order valence-electron chi connectivity index (χ4n) is 3.78. The lowest BCUT2D eigenvalue weighted by Crippen LogP contribution is -2.44. The summed E-state index contributed by atoms with van der Waals surface area (Å²) in [6.45, 7) is 5.26. The van der Waals surface area contributed by atoms with Crippen LogP contribution in [0.4, 0.5) is 5.69 Å². The lowest BCUT2D eigenvalue weighted by Gasteiger charge is -2.38. The van der Waals surface area contributed by atoms with E-state index in [4.69, 9.17) is 5.73 Å². The standard InChI is InChI=1S/C17H25N3O/c1-12-6-7-14(17(18)21)16(10-12)20-9-3-4-13(11-20)15-5-2-8-19-15/h6-7,10,13,15,19H,2-5,8-9,11H2,1H3,(H2,18,21). The molecule has 4 nitrogen and oxygen atoms in total. The Labute approximate surface area is 126 Å². The third-order valence-corrected chi connectivity index (χ3v) is 4.88. The number of rotatable bonds is 3. The predicted molar refractivity (Wildman–Crippen MR) is 85.7 cm³/mol. The fourth-order valence-corrected chi connectivity index (χ4v) is 3.78. The normalized spacial score (nSPS) is 26.0. The van der Waals surface area contributed by atoms with E-state index >= 15 is 0 Å². The van der Waals surface area contributed by atoms with Gasteiger partial charge in [0.15, 0.2) is 0 Å². The minimum absolute atomic E-state index is 0.328. The Balaban J connectivity index is 1.82. The van der Waals surface area contributed by atoms with Gasteiger partial charge < -0.3 is 16.0 Å². The van der Waals surface area contributed by atoms with Gasteiger partial charge in [0.25, 0.3) is 5.91 Å². The van der Waals surface area contributed by atoms with Crippen LogP contribution in [0, 0.1) is 12.8 Å². The molecule has 2 aliphatic heterocycles. The van der Waals surface area contributed by atoms with E-state index in [0.717, 1.165) is 25.3 Å². The Hall–Kier alpha value is -1.55. The third kappa shape index (κ3) is 3.05. The lowest BCUT2D eigenvalue weighted by molar-refractivity contribution is 0.100. The van der Waals surface area contributed by atoms with Gasteiger partial charge in [0, 0.05) is 24.8 Å². The van der Waals surface area contributed by atoms with E-state index in [-0.39, 0.29) is 5.91 Å². The molecule has 4 heteroatoms. The summed E-state index contributed by atoms with van der Waals surface area (Å²) in [5.41, 5.74) is 8.40. The second-order valence-electron chi connectivity index (χ2n) is 6.44. The highest BCUT2D eigenvalue weighted by Crippen LogP contribution is 2.30. The number of hydrogen-bond donors (Lipinski definition) is 2. The maximum absolute atomic E-state index is 11.7. The summed E-state index contributed by atoms with van der Waals surface area (Å²) in [5.74, 6) is 0.355. The van der Waals surface area contributed by atoms with Crippen LogP contribution in [0.25, 0.3) is 0 Å². The maximum Gasteiger partial charge on any atom is 0.250 e. The molecular weight excluding hydrogens is 262 g/mol. The summed E-state index contributed by atoms with van der Waals surface area (Å²) in [6.07, 6.45) is 5.05. The summed E-state index contributed by atoms with van der Waals surface area (Å²) >= 11 is 0. The zero-order valence-corrected chi connectivity index (χ0v) is 12.8. The number of nitrogens with two attached hydrogens (primary N) is 1. The van der Waals surface area contributed by atoms with Gasteiger partial charge in [-0.3, -0.25) is 4.79 Å². The number of carbonyl (C=O) groups is 1. The summed E-state index contributed by atoms with van der Waals surface area (Å²) in [7, 11) is 0. The number of nitrogens with one attached hydrogen (secondary N) is 1. The zero-order chi connectivity index (χ0) is 14.8. The Bertz CT molecular complexity index is 523. The highest BCUT2D eigenvalue weighted by Gasteiger charge is 2.30. The number of primary amides is 1. The zero-order valence-electron chi connectivity index (χ0n) is 12.8. The van der Waals surface area contributed by atoms with Crippen molar-refractivity contribution in [3.63, 3.8) is 0 Å². The number of nitrogens with zero attached hydrogens (tertiary/aromatic N) is 1. The van der Waals surface area contributed by atoms with Crippen molar-refractivity contribution in [2.24, 2.45) is 11.7 Å². The van der Waals surface area contributed by atoms with Crippen LogP contribution in [-0.4, -0.2) is 31.6 Å². The van der Waals surface area contributed by atoms with Crippen molar-refractivity contribution in [1.29, 1.82) is 0 Å².